The van der Waals surface area contributed by atoms with Gasteiger partial charge in [0, 0.05) is 55.7 Å². The number of alkyl halides is 1. The molecule has 8 nitrogen and oxygen atoms in total. The van der Waals surface area contributed by atoms with Crippen molar-refractivity contribution in [3.8, 4) is 0 Å². The van der Waals surface area contributed by atoms with Gasteiger partial charge in [-0.15, -0.1) is 0 Å². The van der Waals surface area contributed by atoms with Gasteiger partial charge in [-0.2, -0.15) is 5.10 Å². The first-order chi connectivity index (χ1) is 16.8. The van der Waals surface area contributed by atoms with Crippen LogP contribution in [0.1, 0.15) is 45.7 Å². The summed E-state index contributed by atoms with van der Waals surface area (Å²) < 4.78 is 15.9. The van der Waals surface area contributed by atoms with E-state index in [0.717, 1.165) is 43.6 Å². The Kier molecular flexibility index (Phi) is 6.53. The van der Waals surface area contributed by atoms with E-state index in [0.29, 0.717) is 31.7 Å². The normalized spacial score (nSPS) is 22.5. The first-order valence-electron chi connectivity index (χ1n) is 12.7. The van der Waals surface area contributed by atoms with Gasteiger partial charge in [-0.1, -0.05) is 12.1 Å². The Balaban J connectivity index is 1.25. The molecule has 3 aliphatic rings. The quantitative estimate of drug-likeness (QED) is 0.719. The summed E-state index contributed by atoms with van der Waals surface area (Å²) in [5.41, 5.74) is 11.8. The van der Waals surface area contributed by atoms with Crippen LogP contribution < -0.4 is 10.6 Å². The highest BCUT2D eigenvalue weighted by molar-refractivity contribution is 5.94. The summed E-state index contributed by atoms with van der Waals surface area (Å²) in [6.45, 7) is 7.74. The van der Waals surface area contributed by atoms with Crippen molar-refractivity contribution in [2.45, 2.75) is 58.3 Å². The zero-order valence-corrected chi connectivity index (χ0v) is 20.7. The Morgan fingerprint density at radius 1 is 1.09 bits per heavy atom. The van der Waals surface area contributed by atoms with Gasteiger partial charge in [0.15, 0.2) is 5.69 Å². The third-order valence-corrected chi connectivity index (χ3v) is 7.92. The fraction of sp³-hybridized carbons (Fsp3) is 0.577. The highest BCUT2D eigenvalue weighted by atomic mass is 19.1. The minimum Gasteiger partial charge on any atom is -0.368 e. The molecule has 3 heterocycles. The summed E-state index contributed by atoms with van der Waals surface area (Å²) in [7, 11) is 0. The zero-order valence-electron chi connectivity index (χ0n) is 20.7. The van der Waals surface area contributed by atoms with Gasteiger partial charge in [0.2, 0.25) is 5.91 Å². The zero-order chi connectivity index (χ0) is 24.7. The SMILES string of the molecule is Cc1cccc(N2CCN(C(=O)Cn3nc(C(=O)N4CC[C@H](N)[C@H](F)C4)c4c3CCC4)CC2)c1C. The van der Waals surface area contributed by atoms with Gasteiger partial charge in [0.25, 0.3) is 5.91 Å². The first-order valence-corrected chi connectivity index (χ1v) is 12.7. The van der Waals surface area contributed by atoms with Crippen LogP contribution in [0.4, 0.5) is 10.1 Å². The number of anilines is 1. The maximum absolute atomic E-state index is 14.1. The van der Waals surface area contributed by atoms with Crippen molar-refractivity contribution in [3.63, 3.8) is 0 Å². The molecule has 2 amide bonds. The van der Waals surface area contributed by atoms with Gasteiger partial charge in [0.05, 0.1) is 6.54 Å². The van der Waals surface area contributed by atoms with Crippen molar-refractivity contribution in [1.29, 1.82) is 0 Å². The number of piperidine rings is 1. The molecule has 0 bridgehead atoms. The Bertz CT molecular complexity index is 1120. The molecule has 2 saturated heterocycles. The smallest absolute Gasteiger partial charge is 0.274 e. The highest BCUT2D eigenvalue weighted by Gasteiger charge is 2.34. The molecular formula is C26H35FN6O2. The van der Waals surface area contributed by atoms with Crippen LogP contribution in [-0.2, 0) is 24.2 Å². The van der Waals surface area contributed by atoms with Gasteiger partial charge in [-0.05, 0) is 56.7 Å². The summed E-state index contributed by atoms with van der Waals surface area (Å²) in [6, 6.07) is 5.83. The van der Waals surface area contributed by atoms with Crippen molar-refractivity contribution in [3.05, 3.63) is 46.3 Å². The number of likely N-dealkylation sites (tertiary alicyclic amines) is 1. The second-order valence-corrected chi connectivity index (χ2v) is 10.1. The van der Waals surface area contributed by atoms with Crippen LogP contribution in [0.5, 0.6) is 0 Å². The predicted octanol–water partition coefficient (Wildman–Crippen LogP) is 1.85. The maximum atomic E-state index is 14.1. The van der Waals surface area contributed by atoms with Crippen molar-refractivity contribution in [2.75, 3.05) is 44.2 Å². The second-order valence-electron chi connectivity index (χ2n) is 10.1. The number of carbonyl (C=O) groups excluding carboxylic acids is 2. The lowest BCUT2D eigenvalue weighted by Gasteiger charge is -2.37. The number of aromatic nitrogens is 2. The number of aryl methyl sites for hydroxylation is 1. The van der Waals surface area contributed by atoms with Crippen molar-refractivity contribution < 1.29 is 14.0 Å². The molecule has 2 N–H and O–H groups in total. The molecule has 1 aromatic carbocycles. The Labute approximate surface area is 205 Å². The Morgan fingerprint density at radius 2 is 1.86 bits per heavy atom. The third kappa shape index (κ3) is 4.53. The van der Waals surface area contributed by atoms with Crippen LogP contribution in [0.15, 0.2) is 18.2 Å². The molecule has 0 unspecified atom stereocenters. The third-order valence-electron chi connectivity index (χ3n) is 7.92. The Morgan fingerprint density at radius 3 is 2.60 bits per heavy atom. The summed E-state index contributed by atoms with van der Waals surface area (Å²) in [5, 5.41) is 4.58. The molecule has 2 aliphatic heterocycles. The molecule has 2 fully saturated rings. The van der Waals surface area contributed by atoms with Gasteiger partial charge in [-0.25, -0.2) is 4.39 Å². The number of piperazine rings is 1. The standard InChI is InChI=1S/C26H35FN6O2/c1-17-5-3-7-22(18(17)2)30-11-13-31(14-12-30)24(34)16-33-23-8-4-6-19(23)25(29-33)26(35)32-10-9-21(28)20(27)15-32/h3,5,7,20-21H,4,6,8-16,28H2,1-2H3/t20-,21+/m1/s1. The summed E-state index contributed by atoms with van der Waals surface area (Å²) in [4.78, 5) is 32.1. The molecule has 1 aromatic heterocycles. The van der Waals surface area contributed by atoms with Crippen LogP contribution in [-0.4, -0.2) is 82.9 Å². The van der Waals surface area contributed by atoms with E-state index >= 15 is 0 Å². The molecule has 5 rings (SSSR count). The number of hydrogen-bond donors (Lipinski definition) is 1. The fourth-order valence-corrected chi connectivity index (χ4v) is 5.57. The number of rotatable bonds is 4. The van der Waals surface area contributed by atoms with Crippen LogP contribution >= 0.6 is 0 Å². The largest absolute Gasteiger partial charge is 0.368 e. The van der Waals surface area contributed by atoms with Gasteiger partial charge in [-0.3, -0.25) is 14.3 Å². The van der Waals surface area contributed by atoms with E-state index in [-0.39, 0.29) is 24.9 Å². The number of fused-ring (bicyclic) bond motifs is 1. The number of halogens is 1. The molecule has 0 spiro atoms. The van der Waals surface area contributed by atoms with E-state index in [1.807, 2.05) is 4.90 Å². The highest BCUT2D eigenvalue weighted by Crippen LogP contribution is 2.28. The lowest BCUT2D eigenvalue weighted by molar-refractivity contribution is -0.132. The molecule has 0 saturated carbocycles. The van der Waals surface area contributed by atoms with Crippen molar-refractivity contribution in [1.82, 2.24) is 19.6 Å². The minimum absolute atomic E-state index is 0.00521. The average molecular weight is 483 g/mol. The van der Waals surface area contributed by atoms with E-state index in [1.54, 1.807) is 4.68 Å². The molecular weight excluding hydrogens is 447 g/mol. The molecule has 35 heavy (non-hydrogen) atoms. The van der Waals surface area contributed by atoms with E-state index in [1.165, 1.54) is 21.7 Å². The molecule has 188 valence electrons. The minimum atomic E-state index is -1.22. The monoisotopic (exact) mass is 482 g/mol. The number of nitrogens with two attached hydrogens (primary N) is 1. The maximum Gasteiger partial charge on any atom is 0.274 e. The number of benzene rings is 1. The molecule has 2 aromatic rings. The lowest BCUT2D eigenvalue weighted by atomic mass is 10.0. The van der Waals surface area contributed by atoms with E-state index in [2.05, 4.69) is 42.0 Å². The lowest BCUT2D eigenvalue weighted by Crippen LogP contribution is -2.50. The fourth-order valence-electron chi connectivity index (χ4n) is 5.57. The topological polar surface area (TPSA) is 87.7 Å². The Hall–Kier alpha value is -2.94. The summed E-state index contributed by atoms with van der Waals surface area (Å²) in [5.74, 6) is -0.222. The van der Waals surface area contributed by atoms with Crippen molar-refractivity contribution in [2.24, 2.45) is 5.73 Å². The number of nitrogens with zero attached hydrogens (tertiary/aromatic N) is 5. The van der Waals surface area contributed by atoms with Gasteiger partial charge >= 0.3 is 0 Å². The average Bonchev–Trinajstić information content (AvgIpc) is 3.46. The van der Waals surface area contributed by atoms with E-state index in [9.17, 15) is 14.0 Å². The molecule has 0 radical (unpaired) electrons. The van der Waals surface area contributed by atoms with Crippen molar-refractivity contribution >= 4 is 17.5 Å². The van der Waals surface area contributed by atoms with Crippen LogP contribution in [0.3, 0.4) is 0 Å². The number of carbonyl (C=O) groups is 2. The molecule has 1 aliphatic carbocycles. The van der Waals surface area contributed by atoms with Crippen LogP contribution in [0.25, 0.3) is 0 Å². The van der Waals surface area contributed by atoms with E-state index in [4.69, 9.17) is 5.73 Å². The summed E-state index contributed by atoms with van der Waals surface area (Å²) in [6.07, 6.45) is 1.74. The van der Waals surface area contributed by atoms with E-state index < -0.39 is 12.2 Å². The number of amides is 2. The second kappa shape index (κ2) is 9.60. The number of hydrogen-bond acceptors (Lipinski definition) is 5. The van der Waals surface area contributed by atoms with Gasteiger partial charge < -0.3 is 20.4 Å². The molecule has 9 heteroatoms. The predicted molar refractivity (Wildman–Crippen MR) is 132 cm³/mol. The van der Waals surface area contributed by atoms with Crippen LogP contribution in [0.2, 0.25) is 0 Å². The summed E-state index contributed by atoms with van der Waals surface area (Å²) >= 11 is 0. The first kappa shape index (κ1) is 23.8. The molecule has 2 atom stereocenters. The van der Waals surface area contributed by atoms with Crippen LogP contribution in [0, 0.1) is 13.8 Å². The van der Waals surface area contributed by atoms with Gasteiger partial charge in [0.1, 0.15) is 12.7 Å².